The van der Waals surface area contributed by atoms with E-state index in [4.69, 9.17) is 9.52 Å². The summed E-state index contributed by atoms with van der Waals surface area (Å²) < 4.78 is 5.61. The van der Waals surface area contributed by atoms with E-state index in [9.17, 15) is 14.4 Å². The predicted octanol–water partition coefficient (Wildman–Crippen LogP) is 1.44. The first-order valence-electron chi connectivity index (χ1n) is 6.90. The number of amides is 2. The number of likely N-dealkylation sites (N-methyl/N-ethyl adjacent to an activating group) is 1. The first-order valence-corrected chi connectivity index (χ1v) is 7.69. The van der Waals surface area contributed by atoms with E-state index in [1.165, 1.54) is 22.9 Å². The Hall–Kier alpha value is -1.83. The molecule has 7 nitrogen and oxygen atoms in total. The fourth-order valence-corrected chi connectivity index (χ4v) is 2.70. The van der Waals surface area contributed by atoms with Crippen molar-refractivity contribution in [3.63, 3.8) is 0 Å². The van der Waals surface area contributed by atoms with Crippen LogP contribution in [0.1, 0.15) is 23.4 Å². The lowest BCUT2D eigenvalue weighted by atomic mass is 9.98. The van der Waals surface area contributed by atoms with E-state index >= 15 is 0 Å². The number of likely N-dealkylation sites (tertiary alicyclic amines) is 1. The summed E-state index contributed by atoms with van der Waals surface area (Å²) in [6, 6.07) is 3.12. The van der Waals surface area contributed by atoms with Crippen molar-refractivity contribution in [1.29, 1.82) is 0 Å². The number of hydrogen-bond acceptors (Lipinski definition) is 4. The highest BCUT2D eigenvalue weighted by molar-refractivity contribution is 9.10. The summed E-state index contributed by atoms with van der Waals surface area (Å²) in [5, 5.41) is 9.04. The van der Waals surface area contributed by atoms with Crippen LogP contribution >= 0.6 is 15.9 Å². The minimum Gasteiger partial charge on any atom is -0.481 e. The molecule has 8 heteroatoms. The van der Waals surface area contributed by atoms with Crippen LogP contribution in [-0.2, 0) is 9.59 Å². The van der Waals surface area contributed by atoms with Gasteiger partial charge in [-0.3, -0.25) is 14.4 Å². The summed E-state index contributed by atoms with van der Waals surface area (Å²) in [6.45, 7) is 0.614. The Morgan fingerprint density at radius 1 is 1.45 bits per heavy atom. The largest absolute Gasteiger partial charge is 0.481 e. The van der Waals surface area contributed by atoms with Crippen molar-refractivity contribution in [3.8, 4) is 0 Å². The van der Waals surface area contributed by atoms with Crippen molar-refractivity contribution >= 4 is 33.7 Å². The molecule has 0 bridgehead atoms. The van der Waals surface area contributed by atoms with Gasteiger partial charge in [-0.1, -0.05) is 0 Å². The van der Waals surface area contributed by atoms with Gasteiger partial charge in [-0.05, 0) is 40.9 Å². The van der Waals surface area contributed by atoms with Crippen molar-refractivity contribution in [2.24, 2.45) is 5.92 Å². The van der Waals surface area contributed by atoms with Gasteiger partial charge in [-0.15, -0.1) is 0 Å². The lowest BCUT2D eigenvalue weighted by molar-refractivity contribution is -0.145. The number of carbonyl (C=O) groups excluding carboxylic acids is 2. The molecule has 1 atom stereocenters. The number of carboxylic acid groups (broad SMARTS) is 1. The van der Waals surface area contributed by atoms with Gasteiger partial charge < -0.3 is 19.3 Å². The molecule has 0 unspecified atom stereocenters. The van der Waals surface area contributed by atoms with Crippen LogP contribution in [-0.4, -0.2) is 59.4 Å². The number of carbonyl (C=O) groups is 3. The highest BCUT2D eigenvalue weighted by Crippen LogP contribution is 2.18. The molecule has 0 aliphatic carbocycles. The molecule has 1 aliphatic heterocycles. The van der Waals surface area contributed by atoms with E-state index in [0.717, 1.165) is 0 Å². The second-order valence-corrected chi connectivity index (χ2v) is 6.06. The highest BCUT2D eigenvalue weighted by atomic mass is 79.9. The minimum absolute atomic E-state index is 0.108. The normalized spacial score (nSPS) is 18.1. The first-order chi connectivity index (χ1) is 10.4. The Morgan fingerprint density at radius 3 is 2.77 bits per heavy atom. The van der Waals surface area contributed by atoms with Gasteiger partial charge in [0.15, 0.2) is 10.4 Å². The second-order valence-electron chi connectivity index (χ2n) is 5.28. The van der Waals surface area contributed by atoms with Crippen LogP contribution in [0.5, 0.6) is 0 Å². The molecule has 0 spiro atoms. The van der Waals surface area contributed by atoms with Gasteiger partial charge in [0.2, 0.25) is 5.91 Å². The van der Waals surface area contributed by atoms with Gasteiger partial charge in [0, 0.05) is 20.1 Å². The van der Waals surface area contributed by atoms with Gasteiger partial charge in [0.25, 0.3) is 5.91 Å². The van der Waals surface area contributed by atoms with Crippen molar-refractivity contribution in [2.75, 3.05) is 26.7 Å². The predicted molar refractivity (Wildman–Crippen MR) is 80.3 cm³/mol. The van der Waals surface area contributed by atoms with Gasteiger partial charge in [0.1, 0.15) is 0 Å². The summed E-state index contributed by atoms with van der Waals surface area (Å²) in [5.41, 5.74) is 0. The maximum atomic E-state index is 12.2. The molecule has 0 aromatic carbocycles. The molecule has 0 radical (unpaired) electrons. The molecule has 1 N–H and O–H groups in total. The van der Waals surface area contributed by atoms with Crippen molar-refractivity contribution in [2.45, 2.75) is 12.8 Å². The van der Waals surface area contributed by atoms with Crippen molar-refractivity contribution in [3.05, 3.63) is 22.6 Å². The Labute approximate surface area is 136 Å². The molecule has 1 aliphatic rings. The third-order valence-corrected chi connectivity index (χ3v) is 4.05. The Bertz CT molecular complexity index is 586. The summed E-state index contributed by atoms with van der Waals surface area (Å²) in [6.07, 6.45) is 1.24. The van der Waals surface area contributed by atoms with E-state index in [1.54, 1.807) is 6.07 Å². The summed E-state index contributed by atoms with van der Waals surface area (Å²) in [7, 11) is 1.51. The van der Waals surface area contributed by atoms with E-state index in [0.29, 0.717) is 24.1 Å². The monoisotopic (exact) mass is 372 g/mol. The van der Waals surface area contributed by atoms with Crippen LogP contribution in [0, 0.1) is 5.92 Å². The number of nitrogens with zero attached hydrogens (tertiary/aromatic N) is 2. The molecule has 0 saturated carbocycles. The summed E-state index contributed by atoms with van der Waals surface area (Å²) in [4.78, 5) is 38.1. The van der Waals surface area contributed by atoms with Gasteiger partial charge in [-0.2, -0.15) is 0 Å². The molecule has 2 heterocycles. The molecular formula is C14H17BrN2O5. The zero-order valence-electron chi connectivity index (χ0n) is 12.1. The Kier molecular flexibility index (Phi) is 5.23. The van der Waals surface area contributed by atoms with Crippen LogP contribution in [0.25, 0.3) is 0 Å². The third-order valence-electron chi connectivity index (χ3n) is 3.63. The average molecular weight is 373 g/mol. The van der Waals surface area contributed by atoms with Gasteiger partial charge >= 0.3 is 5.97 Å². The van der Waals surface area contributed by atoms with Crippen LogP contribution in [0.4, 0.5) is 0 Å². The van der Waals surface area contributed by atoms with E-state index < -0.39 is 17.8 Å². The van der Waals surface area contributed by atoms with Gasteiger partial charge in [0.05, 0.1) is 12.5 Å². The highest BCUT2D eigenvalue weighted by Gasteiger charge is 2.29. The molecule has 1 saturated heterocycles. The fraction of sp³-hybridized carbons (Fsp3) is 0.500. The lowest BCUT2D eigenvalue weighted by Crippen LogP contribution is -2.46. The topological polar surface area (TPSA) is 91.1 Å². The van der Waals surface area contributed by atoms with Crippen molar-refractivity contribution < 1.29 is 23.9 Å². The number of aliphatic carboxylic acids is 1. The van der Waals surface area contributed by atoms with Gasteiger partial charge in [-0.25, -0.2) is 0 Å². The number of carboxylic acids is 1. The standard InChI is InChI=1S/C14H17BrN2O5/c1-16(13(19)10-4-5-11(15)22-10)8-12(18)17-6-2-3-9(7-17)14(20)21/h4-5,9H,2-3,6-8H2,1H3,(H,20,21)/t9-/m0/s1. The second kappa shape index (κ2) is 6.95. The van der Waals surface area contributed by atoms with E-state index in [2.05, 4.69) is 15.9 Å². The SMILES string of the molecule is CN(CC(=O)N1CCC[C@H](C(=O)O)C1)C(=O)c1ccc(Br)o1. The zero-order valence-corrected chi connectivity index (χ0v) is 13.7. The maximum absolute atomic E-state index is 12.2. The van der Waals surface area contributed by atoms with Crippen LogP contribution in [0.15, 0.2) is 21.2 Å². The summed E-state index contributed by atoms with van der Waals surface area (Å²) >= 11 is 3.11. The minimum atomic E-state index is -0.887. The smallest absolute Gasteiger partial charge is 0.308 e. The molecule has 1 aromatic rings. The number of rotatable bonds is 4. The number of furan rings is 1. The molecule has 1 aromatic heterocycles. The zero-order chi connectivity index (χ0) is 16.3. The van der Waals surface area contributed by atoms with E-state index in [1.807, 2.05) is 0 Å². The Balaban J connectivity index is 1.93. The van der Waals surface area contributed by atoms with Crippen LogP contribution < -0.4 is 0 Å². The maximum Gasteiger partial charge on any atom is 0.308 e. The van der Waals surface area contributed by atoms with Crippen LogP contribution in [0.3, 0.4) is 0 Å². The number of hydrogen-bond donors (Lipinski definition) is 1. The quantitative estimate of drug-likeness (QED) is 0.863. The molecule has 2 amide bonds. The number of halogens is 1. The molecule has 2 rings (SSSR count). The average Bonchev–Trinajstić information content (AvgIpc) is 2.93. The van der Waals surface area contributed by atoms with E-state index in [-0.39, 0.29) is 24.8 Å². The third kappa shape index (κ3) is 3.88. The molecular weight excluding hydrogens is 356 g/mol. The first kappa shape index (κ1) is 16.5. The fourth-order valence-electron chi connectivity index (χ4n) is 2.40. The summed E-state index contributed by atoms with van der Waals surface area (Å²) in [5.74, 6) is -1.93. The molecule has 120 valence electrons. The lowest BCUT2D eigenvalue weighted by Gasteiger charge is -2.31. The molecule has 1 fully saturated rings. The number of piperidine rings is 1. The van der Waals surface area contributed by atoms with Crippen molar-refractivity contribution in [1.82, 2.24) is 9.80 Å². The molecule has 22 heavy (non-hydrogen) atoms. The Morgan fingerprint density at radius 2 is 2.18 bits per heavy atom. The van der Waals surface area contributed by atoms with Crippen LogP contribution in [0.2, 0.25) is 0 Å².